The van der Waals surface area contributed by atoms with Gasteiger partial charge in [-0.1, -0.05) is 18.2 Å². The van der Waals surface area contributed by atoms with Gasteiger partial charge in [-0.25, -0.2) is 23.2 Å². The highest BCUT2D eigenvalue weighted by molar-refractivity contribution is 6.07. The first kappa shape index (κ1) is 23.0. The molecule has 1 saturated heterocycles. The zero-order valence-electron chi connectivity index (χ0n) is 19.7. The van der Waals surface area contributed by atoms with Gasteiger partial charge in [0.2, 0.25) is 5.91 Å². The molecule has 0 bridgehead atoms. The number of nitrogens with two attached hydrogens (primary N) is 1. The molecular formula is C26H23FN6O3. The number of primary amides is 1. The van der Waals surface area contributed by atoms with E-state index in [0.717, 1.165) is 5.56 Å². The van der Waals surface area contributed by atoms with Crippen LogP contribution in [0.2, 0.25) is 0 Å². The van der Waals surface area contributed by atoms with Crippen molar-refractivity contribution in [2.45, 2.75) is 6.92 Å². The maximum Gasteiger partial charge on any atom is 0.350 e. The van der Waals surface area contributed by atoms with Crippen LogP contribution in [0, 0.1) is 12.7 Å². The van der Waals surface area contributed by atoms with E-state index < -0.39 is 11.7 Å². The van der Waals surface area contributed by atoms with Gasteiger partial charge in [-0.3, -0.25) is 14.6 Å². The summed E-state index contributed by atoms with van der Waals surface area (Å²) in [7, 11) is 1.52. The Balaban J connectivity index is 1.47. The first-order valence-electron chi connectivity index (χ1n) is 11.3. The number of carbonyl (C=O) groups excluding carboxylic acids is 2. The molecule has 0 spiro atoms. The van der Waals surface area contributed by atoms with Crippen LogP contribution in [0.25, 0.3) is 16.8 Å². The molecule has 0 radical (unpaired) electrons. The summed E-state index contributed by atoms with van der Waals surface area (Å²) in [5, 5.41) is 3.90. The second kappa shape index (κ2) is 8.81. The molecule has 0 saturated carbocycles. The predicted molar refractivity (Wildman–Crippen MR) is 134 cm³/mol. The van der Waals surface area contributed by atoms with Gasteiger partial charge in [-0.2, -0.15) is 5.10 Å². The van der Waals surface area contributed by atoms with Crippen LogP contribution in [-0.4, -0.2) is 39.4 Å². The van der Waals surface area contributed by atoms with E-state index in [9.17, 15) is 14.4 Å². The summed E-state index contributed by atoms with van der Waals surface area (Å²) < 4.78 is 17.7. The van der Waals surface area contributed by atoms with E-state index in [1.807, 2.05) is 13.0 Å². The summed E-state index contributed by atoms with van der Waals surface area (Å²) in [5.41, 5.74) is 8.68. The van der Waals surface area contributed by atoms with Crippen LogP contribution in [0.4, 0.5) is 20.6 Å². The van der Waals surface area contributed by atoms with Crippen molar-refractivity contribution in [3.05, 3.63) is 94.4 Å². The minimum Gasteiger partial charge on any atom is -0.366 e. The Morgan fingerprint density at radius 1 is 0.944 bits per heavy atom. The van der Waals surface area contributed by atoms with E-state index in [1.54, 1.807) is 58.3 Å². The predicted octanol–water partition coefficient (Wildman–Crippen LogP) is 3.23. The van der Waals surface area contributed by atoms with Crippen LogP contribution in [-0.2, 0) is 7.05 Å². The number of halogens is 1. The summed E-state index contributed by atoms with van der Waals surface area (Å²) in [6.45, 7) is 2.69. The second-order valence-corrected chi connectivity index (χ2v) is 8.52. The van der Waals surface area contributed by atoms with E-state index in [2.05, 4.69) is 5.10 Å². The Labute approximate surface area is 205 Å². The van der Waals surface area contributed by atoms with Crippen molar-refractivity contribution < 1.29 is 14.0 Å². The average Bonchev–Trinajstić information content (AvgIpc) is 3.41. The average molecular weight is 487 g/mol. The monoisotopic (exact) mass is 486 g/mol. The van der Waals surface area contributed by atoms with Gasteiger partial charge in [0, 0.05) is 42.6 Å². The molecule has 9 nitrogen and oxygen atoms in total. The number of anilines is 2. The number of nitrogens with zero attached hydrogens (tertiary/aromatic N) is 5. The van der Waals surface area contributed by atoms with E-state index in [1.165, 1.54) is 28.7 Å². The molecule has 36 heavy (non-hydrogen) atoms. The van der Waals surface area contributed by atoms with Gasteiger partial charge in [-0.15, -0.1) is 0 Å². The fraction of sp³-hybridized carbons (Fsp3) is 0.154. The van der Waals surface area contributed by atoms with E-state index in [4.69, 9.17) is 5.73 Å². The van der Waals surface area contributed by atoms with Crippen molar-refractivity contribution in [2.75, 3.05) is 22.9 Å². The number of benzene rings is 3. The number of aromatic nitrogens is 3. The number of carbonyl (C=O) groups is 2. The van der Waals surface area contributed by atoms with Gasteiger partial charge in [0.25, 0.3) is 0 Å². The zero-order valence-corrected chi connectivity index (χ0v) is 19.7. The fourth-order valence-corrected chi connectivity index (χ4v) is 4.47. The molecule has 0 unspecified atom stereocenters. The molecule has 2 heterocycles. The molecule has 182 valence electrons. The number of urea groups is 1. The molecule has 1 aliphatic heterocycles. The number of hydrogen-bond donors (Lipinski definition) is 1. The molecule has 4 aromatic rings. The highest BCUT2D eigenvalue weighted by atomic mass is 19.1. The maximum absolute atomic E-state index is 15.2. The van der Waals surface area contributed by atoms with E-state index >= 15 is 4.39 Å². The van der Waals surface area contributed by atoms with Crippen LogP contribution < -0.4 is 21.2 Å². The minimum atomic E-state index is -0.564. The van der Waals surface area contributed by atoms with Gasteiger partial charge in [0.1, 0.15) is 12.1 Å². The number of amides is 3. The van der Waals surface area contributed by atoms with Gasteiger partial charge < -0.3 is 5.73 Å². The first-order chi connectivity index (χ1) is 17.3. The van der Waals surface area contributed by atoms with E-state index in [-0.39, 0.29) is 11.7 Å². The molecule has 1 fully saturated rings. The number of hydrogen-bond acceptors (Lipinski definition) is 4. The fourth-order valence-electron chi connectivity index (χ4n) is 4.47. The lowest BCUT2D eigenvalue weighted by atomic mass is 9.98. The highest BCUT2D eigenvalue weighted by Crippen LogP contribution is 2.35. The molecule has 0 atom stereocenters. The summed E-state index contributed by atoms with van der Waals surface area (Å²) in [6, 6.07) is 16.3. The van der Waals surface area contributed by atoms with Crippen molar-refractivity contribution in [1.29, 1.82) is 0 Å². The Morgan fingerprint density at radius 2 is 1.69 bits per heavy atom. The second-order valence-electron chi connectivity index (χ2n) is 8.52. The van der Waals surface area contributed by atoms with Crippen molar-refractivity contribution in [1.82, 2.24) is 14.3 Å². The van der Waals surface area contributed by atoms with Gasteiger partial charge >= 0.3 is 11.7 Å². The normalized spacial score (nSPS) is 13.5. The van der Waals surface area contributed by atoms with E-state index in [0.29, 0.717) is 46.8 Å². The lowest BCUT2D eigenvalue weighted by molar-refractivity contribution is 0.1000. The number of rotatable bonds is 5. The third-order valence-corrected chi connectivity index (χ3v) is 6.39. The van der Waals surface area contributed by atoms with Gasteiger partial charge in [0.05, 0.1) is 5.69 Å². The van der Waals surface area contributed by atoms with Crippen molar-refractivity contribution >= 4 is 23.3 Å². The molecule has 3 amide bonds. The SMILES string of the molecule is Cc1c(-c2ccc(-n3cnn(C)c3=O)cc2F)cccc1N1CCN(c2cccc(C(N)=O)c2)C1=O. The van der Waals surface area contributed by atoms with Crippen LogP contribution in [0.15, 0.2) is 71.8 Å². The Morgan fingerprint density at radius 3 is 2.39 bits per heavy atom. The van der Waals surface area contributed by atoms with Crippen LogP contribution >= 0.6 is 0 Å². The lowest BCUT2D eigenvalue weighted by Gasteiger charge is -2.22. The van der Waals surface area contributed by atoms with Gasteiger partial charge in [-0.05, 0) is 60.5 Å². The lowest BCUT2D eigenvalue weighted by Crippen LogP contribution is -2.32. The summed E-state index contributed by atoms with van der Waals surface area (Å²) in [6.07, 6.45) is 1.34. The largest absolute Gasteiger partial charge is 0.366 e. The molecule has 0 aliphatic carbocycles. The molecule has 1 aliphatic rings. The Bertz CT molecular complexity index is 1570. The minimum absolute atomic E-state index is 0.247. The molecular weight excluding hydrogens is 463 g/mol. The van der Waals surface area contributed by atoms with Crippen molar-refractivity contribution in [3.8, 4) is 16.8 Å². The first-order valence-corrected chi connectivity index (χ1v) is 11.3. The molecule has 5 rings (SSSR count). The Hall–Kier alpha value is -4.73. The third-order valence-electron chi connectivity index (χ3n) is 6.39. The van der Waals surface area contributed by atoms with Crippen molar-refractivity contribution in [3.63, 3.8) is 0 Å². The topological polar surface area (TPSA) is 106 Å². The van der Waals surface area contributed by atoms with Crippen molar-refractivity contribution in [2.24, 2.45) is 12.8 Å². The summed E-state index contributed by atoms with van der Waals surface area (Å²) >= 11 is 0. The molecule has 2 N–H and O–H groups in total. The molecule has 1 aromatic heterocycles. The van der Waals surface area contributed by atoms with Gasteiger partial charge in [0.15, 0.2) is 0 Å². The number of aryl methyl sites for hydroxylation is 1. The van der Waals surface area contributed by atoms with Crippen LogP contribution in [0.1, 0.15) is 15.9 Å². The van der Waals surface area contributed by atoms with Crippen LogP contribution in [0.3, 0.4) is 0 Å². The highest BCUT2D eigenvalue weighted by Gasteiger charge is 2.32. The summed E-state index contributed by atoms with van der Waals surface area (Å²) in [4.78, 5) is 40.3. The zero-order chi connectivity index (χ0) is 25.6. The standard InChI is InChI=1S/C26H23FN6O3/c1-16-20(21-10-9-19(14-22(21)27)33-15-29-30(2)25(33)35)7-4-8-23(16)32-12-11-31(26(32)36)18-6-3-5-17(13-18)24(28)34/h3-10,13-15H,11-12H2,1-2H3,(H2,28,34). The third kappa shape index (κ3) is 3.82. The summed E-state index contributed by atoms with van der Waals surface area (Å²) in [5.74, 6) is -1.06. The quantitative estimate of drug-likeness (QED) is 0.467. The molecule has 10 heteroatoms. The Kier molecular flexibility index (Phi) is 5.63. The molecule has 3 aromatic carbocycles. The maximum atomic E-state index is 15.2. The van der Waals surface area contributed by atoms with Crippen LogP contribution in [0.5, 0.6) is 0 Å². The smallest absolute Gasteiger partial charge is 0.350 e.